The highest BCUT2D eigenvalue weighted by Crippen LogP contribution is 2.12. The lowest BCUT2D eigenvalue weighted by Crippen LogP contribution is -2.37. The molecule has 1 aromatic heterocycles. The summed E-state index contributed by atoms with van der Waals surface area (Å²) in [6, 6.07) is 7.85. The quantitative estimate of drug-likeness (QED) is 0.491. The second kappa shape index (κ2) is 10.6. The lowest BCUT2D eigenvalue weighted by molar-refractivity contribution is -0.116. The molecule has 26 heavy (non-hydrogen) atoms. The number of nitrogens with one attached hydrogen (secondary N) is 3. The van der Waals surface area contributed by atoms with Crippen molar-refractivity contribution < 1.29 is 4.79 Å². The van der Waals surface area contributed by atoms with Crippen molar-refractivity contribution in [3.8, 4) is 0 Å². The van der Waals surface area contributed by atoms with E-state index < -0.39 is 0 Å². The van der Waals surface area contributed by atoms with Gasteiger partial charge in [-0.05, 0) is 31.0 Å². The molecular formula is C19H27N5OS. The monoisotopic (exact) mass is 373 g/mol. The third kappa shape index (κ3) is 6.84. The maximum atomic E-state index is 11.7. The molecule has 0 saturated heterocycles. The molecule has 0 radical (unpaired) electrons. The lowest BCUT2D eigenvalue weighted by Gasteiger charge is -2.12. The molecule has 3 N–H and O–H groups in total. The fraction of sp³-hybridized carbons (Fsp3) is 0.421. The number of nitrogens with zero attached hydrogens (tertiary/aromatic N) is 2. The van der Waals surface area contributed by atoms with Gasteiger partial charge in [0.15, 0.2) is 5.96 Å². The standard InChI is InChI=1S/C19H27N5OS/c1-4-6-17(25)24-16-8-5-7-15(11-16)13-23-19(20-3)21-10-9-18-22-12-14(2)26-18/h5,7-8,11-12H,4,6,9-10,13H2,1-3H3,(H,24,25)(H2,20,21,23). The summed E-state index contributed by atoms with van der Waals surface area (Å²) < 4.78 is 0. The van der Waals surface area contributed by atoms with Crippen LogP contribution in [0.3, 0.4) is 0 Å². The SMILES string of the molecule is CCCC(=O)Nc1cccc(CNC(=NC)NCCc2ncc(C)s2)c1. The molecule has 2 rings (SSSR count). The second-order valence-electron chi connectivity index (χ2n) is 5.97. The summed E-state index contributed by atoms with van der Waals surface area (Å²) in [6.45, 7) is 5.47. The minimum Gasteiger partial charge on any atom is -0.356 e. The van der Waals surface area contributed by atoms with Gasteiger partial charge >= 0.3 is 0 Å². The van der Waals surface area contributed by atoms with E-state index in [1.807, 2.05) is 37.4 Å². The predicted octanol–water partition coefficient (Wildman–Crippen LogP) is 3.10. The van der Waals surface area contributed by atoms with Crippen LogP contribution >= 0.6 is 11.3 Å². The van der Waals surface area contributed by atoms with Gasteiger partial charge < -0.3 is 16.0 Å². The summed E-state index contributed by atoms with van der Waals surface area (Å²) in [5.74, 6) is 0.797. The van der Waals surface area contributed by atoms with Crippen molar-refractivity contribution in [3.05, 3.63) is 45.9 Å². The molecule has 0 aliphatic carbocycles. The van der Waals surface area contributed by atoms with Gasteiger partial charge in [-0.15, -0.1) is 11.3 Å². The Morgan fingerprint density at radius 2 is 2.15 bits per heavy atom. The Balaban J connectivity index is 1.79. The number of rotatable bonds is 8. The van der Waals surface area contributed by atoms with Gasteiger partial charge in [0.1, 0.15) is 0 Å². The molecule has 0 atom stereocenters. The molecule has 0 bridgehead atoms. The Labute approximate surface area is 159 Å². The topological polar surface area (TPSA) is 78.4 Å². The van der Waals surface area contributed by atoms with Gasteiger partial charge in [0.25, 0.3) is 0 Å². The zero-order valence-electron chi connectivity index (χ0n) is 15.6. The Bertz CT molecular complexity index is 741. The smallest absolute Gasteiger partial charge is 0.224 e. The third-order valence-electron chi connectivity index (χ3n) is 3.67. The molecule has 0 spiro atoms. The number of aliphatic imine (C=N–C) groups is 1. The van der Waals surface area contributed by atoms with E-state index in [1.54, 1.807) is 18.4 Å². The van der Waals surface area contributed by atoms with Crippen molar-refractivity contribution in [1.29, 1.82) is 0 Å². The van der Waals surface area contributed by atoms with Crippen molar-refractivity contribution >= 4 is 28.9 Å². The number of guanidine groups is 1. The van der Waals surface area contributed by atoms with Crippen LogP contribution in [-0.4, -0.2) is 30.4 Å². The Hall–Kier alpha value is -2.41. The Morgan fingerprint density at radius 3 is 2.85 bits per heavy atom. The number of aryl methyl sites for hydroxylation is 1. The number of thiazole rings is 1. The molecule has 0 saturated carbocycles. The van der Waals surface area contributed by atoms with Crippen molar-refractivity contribution in [2.45, 2.75) is 39.7 Å². The van der Waals surface area contributed by atoms with Crippen molar-refractivity contribution in [2.24, 2.45) is 4.99 Å². The Kier molecular flexibility index (Phi) is 8.08. The van der Waals surface area contributed by atoms with Gasteiger partial charge in [0, 0.05) is 49.7 Å². The lowest BCUT2D eigenvalue weighted by atomic mass is 10.2. The van der Waals surface area contributed by atoms with Gasteiger partial charge in [-0.1, -0.05) is 19.1 Å². The molecule has 6 nitrogen and oxygen atoms in total. The molecule has 0 aliphatic heterocycles. The van der Waals surface area contributed by atoms with Crippen LogP contribution in [0.4, 0.5) is 5.69 Å². The van der Waals surface area contributed by atoms with Crippen LogP contribution in [0.15, 0.2) is 35.5 Å². The average molecular weight is 374 g/mol. The molecule has 1 aromatic carbocycles. The van der Waals surface area contributed by atoms with Crippen LogP contribution in [0.25, 0.3) is 0 Å². The van der Waals surface area contributed by atoms with Crippen LogP contribution < -0.4 is 16.0 Å². The summed E-state index contributed by atoms with van der Waals surface area (Å²) in [7, 11) is 1.75. The first-order valence-corrected chi connectivity index (χ1v) is 9.67. The van der Waals surface area contributed by atoms with Crippen LogP contribution in [0.1, 0.15) is 35.2 Å². The molecule has 0 unspecified atom stereocenters. The molecular weight excluding hydrogens is 346 g/mol. The summed E-state index contributed by atoms with van der Waals surface area (Å²) >= 11 is 1.72. The van der Waals surface area contributed by atoms with Gasteiger partial charge in [-0.25, -0.2) is 4.98 Å². The predicted molar refractivity (Wildman–Crippen MR) is 109 cm³/mol. The van der Waals surface area contributed by atoms with Gasteiger partial charge in [-0.2, -0.15) is 0 Å². The zero-order valence-corrected chi connectivity index (χ0v) is 16.4. The van der Waals surface area contributed by atoms with Crippen LogP contribution in [-0.2, 0) is 17.8 Å². The summed E-state index contributed by atoms with van der Waals surface area (Å²) in [4.78, 5) is 21.5. The minimum absolute atomic E-state index is 0.0486. The third-order valence-corrected chi connectivity index (χ3v) is 4.64. The summed E-state index contributed by atoms with van der Waals surface area (Å²) in [6.07, 6.45) is 4.16. The van der Waals surface area contributed by atoms with E-state index in [2.05, 4.69) is 32.9 Å². The summed E-state index contributed by atoms with van der Waals surface area (Å²) in [5, 5.41) is 10.6. The zero-order chi connectivity index (χ0) is 18.8. The van der Waals surface area contributed by atoms with E-state index in [-0.39, 0.29) is 5.91 Å². The number of aromatic nitrogens is 1. The van der Waals surface area contributed by atoms with Crippen molar-refractivity contribution in [1.82, 2.24) is 15.6 Å². The van der Waals surface area contributed by atoms with E-state index in [9.17, 15) is 4.79 Å². The highest BCUT2D eigenvalue weighted by Gasteiger charge is 2.04. The summed E-state index contributed by atoms with van der Waals surface area (Å²) in [5.41, 5.74) is 1.91. The molecule has 7 heteroatoms. The molecule has 0 fully saturated rings. The number of carbonyl (C=O) groups is 1. The van der Waals surface area contributed by atoms with Crippen LogP contribution in [0.5, 0.6) is 0 Å². The van der Waals surface area contributed by atoms with E-state index in [0.29, 0.717) is 13.0 Å². The Morgan fingerprint density at radius 1 is 1.31 bits per heavy atom. The van der Waals surface area contributed by atoms with E-state index in [4.69, 9.17) is 0 Å². The molecule has 1 amide bonds. The van der Waals surface area contributed by atoms with Gasteiger partial charge in [0.2, 0.25) is 5.91 Å². The van der Waals surface area contributed by atoms with Crippen molar-refractivity contribution in [3.63, 3.8) is 0 Å². The largest absolute Gasteiger partial charge is 0.356 e. The molecule has 2 aromatic rings. The molecule has 1 heterocycles. The number of carbonyl (C=O) groups excluding carboxylic acids is 1. The first kappa shape index (κ1) is 19.9. The number of benzene rings is 1. The fourth-order valence-electron chi connectivity index (χ4n) is 2.42. The van der Waals surface area contributed by atoms with Crippen LogP contribution in [0.2, 0.25) is 0 Å². The average Bonchev–Trinajstić information content (AvgIpc) is 3.03. The maximum Gasteiger partial charge on any atom is 0.224 e. The number of anilines is 1. The number of hydrogen-bond donors (Lipinski definition) is 3. The van der Waals surface area contributed by atoms with Crippen molar-refractivity contribution in [2.75, 3.05) is 18.9 Å². The highest BCUT2D eigenvalue weighted by molar-refractivity contribution is 7.11. The molecule has 140 valence electrons. The van der Waals surface area contributed by atoms with Crippen LogP contribution in [0, 0.1) is 6.92 Å². The maximum absolute atomic E-state index is 11.7. The molecule has 0 aliphatic rings. The first-order chi connectivity index (χ1) is 12.6. The van der Waals surface area contributed by atoms with Gasteiger partial charge in [-0.3, -0.25) is 9.79 Å². The second-order valence-corrected chi connectivity index (χ2v) is 7.29. The number of hydrogen-bond acceptors (Lipinski definition) is 4. The normalized spacial score (nSPS) is 11.3. The number of amides is 1. The first-order valence-electron chi connectivity index (χ1n) is 8.85. The van der Waals surface area contributed by atoms with Gasteiger partial charge in [0.05, 0.1) is 5.01 Å². The van der Waals surface area contributed by atoms with E-state index in [1.165, 1.54) is 4.88 Å². The highest BCUT2D eigenvalue weighted by atomic mass is 32.1. The fourth-order valence-corrected chi connectivity index (χ4v) is 3.21. The van der Waals surface area contributed by atoms with E-state index >= 15 is 0 Å². The van der Waals surface area contributed by atoms with E-state index in [0.717, 1.165) is 41.6 Å². The minimum atomic E-state index is 0.0486.